The smallest absolute Gasteiger partial charge is 0.299 e. The van der Waals surface area contributed by atoms with Crippen LogP contribution < -0.4 is 4.90 Å². The van der Waals surface area contributed by atoms with Crippen molar-refractivity contribution in [2.75, 3.05) is 11.4 Å². The first-order valence-electron chi connectivity index (χ1n) is 4.70. The van der Waals surface area contributed by atoms with E-state index in [4.69, 9.17) is 0 Å². The monoisotopic (exact) mass is 223 g/mol. The lowest BCUT2D eigenvalue weighted by molar-refractivity contribution is -0.393. The Morgan fingerprint density at radius 3 is 2.38 bits per heavy atom. The second-order valence-corrected chi connectivity index (χ2v) is 3.69. The van der Waals surface area contributed by atoms with Crippen LogP contribution in [0, 0.1) is 20.2 Å². The van der Waals surface area contributed by atoms with Gasteiger partial charge in [0.25, 0.3) is 11.4 Å². The molecule has 0 amide bonds. The lowest BCUT2D eigenvalue weighted by Crippen LogP contribution is -2.01. The Balaban J connectivity index is 2.45. The van der Waals surface area contributed by atoms with Gasteiger partial charge < -0.3 is 4.90 Å². The highest BCUT2D eigenvalue weighted by atomic mass is 16.6. The molecule has 1 aromatic rings. The Hall–Kier alpha value is -2.18. The van der Waals surface area contributed by atoms with E-state index in [0.717, 1.165) is 12.6 Å². The maximum atomic E-state index is 10.8. The van der Waals surface area contributed by atoms with Crippen LogP contribution in [-0.2, 0) is 0 Å². The van der Waals surface area contributed by atoms with Crippen LogP contribution in [0.1, 0.15) is 6.92 Å². The molecule has 7 heteroatoms. The molecule has 1 aliphatic rings. The molecule has 2 rings (SSSR count). The Morgan fingerprint density at radius 1 is 1.31 bits per heavy atom. The summed E-state index contributed by atoms with van der Waals surface area (Å²) in [5, 5.41) is 21.3. The molecule has 0 spiro atoms. The fourth-order valence-corrected chi connectivity index (χ4v) is 1.59. The summed E-state index contributed by atoms with van der Waals surface area (Å²) in [5.74, 6) is 0. The molecular formula is C9H9N3O4. The molecule has 1 aromatic carbocycles. The van der Waals surface area contributed by atoms with Crippen molar-refractivity contribution < 1.29 is 9.85 Å². The van der Waals surface area contributed by atoms with Crippen LogP contribution in [0.15, 0.2) is 18.2 Å². The van der Waals surface area contributed by atoms with Crippen molar-refractivity contribution in [2.24, 2.45) is 0 Å². The fourth-order valence-electron chi connectivity index (χ4n) is 1.59. The molecule has 1 fully saturated rings. The third-order valence-corrected chi connectivity index (χ3v) is 2.54. The second-order valence-electron chi connectivity index (χ2n) is 3.69. The van der Waals surface area contributed by atoms with E-state index >= 15 is 0 Å². The molecule has 0 radical (unpaired) electrons. The number of nitro benzene ring substituents is 2. The van der Waals surface area contributed by atoms with E-state index in [-0.39, 0.29) is 17.4 Å². The molecule has 0 N–H and O–H groups in total. The fraction of sp³-hybridized carbons (Fsp3) is 0.333. The lowest BCUT2D eigenvalue weighted by atomic mass is 10.2. The van der Waals surface area contributed by atoms with E-state index in [1.54, 1.807) is 0 Å². The maximum absolute atomic E-state index is 10.8. The number of nitrogens with zero attached hydrogens (tertiary/aromatic N) is 3. The van der Waals surface area contributed by atoms with Crippen molar-refractivity contribution in [3.8, 4) is 0 Å². The third kappa shape index (κ3) is 1.67. The van der Waals surface area contributed by atoms with Gasteiger partial charge in [0, 0.05) is 18.7 Å². The van der Waals surface area contributed by atoms with Crippen molar-refractivity contribution in [2.45, 2.75) is 13.0 Å². The first kappa shape index (κ1) is 10.3. The zero-order valence-corrected chi connectivity index (χ0v) is 8.49. The number of benzene rings is 1. The summed E-state index contributed by atoms with van der Waals surface area (Å²) in [6.45, 7) is 2.68. The summed E-state index contributed by atoms with van der Waals surface area (Å²) in [7, 11) is 0. The predicted octanol–water partition coefficient (Wildman–Crippen LogP) is 1.71. The van der Waals surface area contributed by atoms with Crippen LogP contribution in [0.25, 0.3) is 0 Å². The molecule has 1 atom stereocenters. The molecule has 16 heavy (non-hydrogen) atoms. The van der Waals surface area contributed by atoms with Crippen LogP contribution in [0.3, 0.4) is 0 Å². The molecule has 1 aliphatic heterocycles. The molecule has 0 aromatic heterocycles. The van der Waals surface area contributed by atoms with Gasteiger partial charge in [-0.25, -0.2) is 0 Å². The van der Waals surface area contributed by atoms with Gasteiger partial charge in [-0.15, -0.1) is 0 Å². The highest BCUT2D eigenvalue weighted by molar-refractivity contribution is 5.70. The maximum Gasteiger partial charge on any atom is 0.299 e. The van der Waals surface area contributed by atoms with Gasteiger partial charge in [-0.1, -0.05) is 0 Å². The van der Waals surface area contributed by atoms with Crippen LogP contribution in [0.2, 0.25) is 0 Å². The summed E-state index contributed by atoms with van der Waals surface area (Å²) in [6.07, 6.45) is 0. The van der Waals surface area contributed by atoms with Gasteiger partial charge in [-0.2, -0.15) is 0 Å². The highest BCUT2D eigenvalue weighted by Gasteiger charge is 2.35. The number of rotatable bonds is 3. The van der Waals surface area contributed by atoms with Crippen LogP contribution >= 0.6 is 0 Å². The van der Waals surface area contributed by atoms with Gasteiger partial charge in [-0.05, 0) is 13.0 Å². The molecule has 1 saturated heterocycles. The second kappa shape index (κ2) is 3.44. The third-order valence-electron chi connectivity index (χ3n) is 2.54. The molecule has 1 unspecified atom stereocenters. The largest absolute Gasteiger partial charge is 0.359 e. The quantitative estimate of drug-likeness (QED) is 0.442. The summed E-state index contributed by atoms with van der Waals surface area (Å²) in [5.41, 5.74) is -0.0217. The van der Waals surface area contributed by atoms with Crippen LogP contribution in [0.4, 0.5) is 17.1 Å². The minimum Gasteiger partial charge on any atom is -0.359 e. The first-order chi connectivity index (χ1) is 7.50. The van der Waals surface area contributed by atoms with Crippen molar-refractivity contribution in [1.82, 2.24) is 0 Å². The minimum atomic E-state index is -0.636. The van der Waals surface area contributed by atoms with Gasteiger partial charge in [0.15, 0.2) is 0 Å². The van der Waals surface area contributed by atoms with Crippen molar-refractivity contribution in [3.63, 3.8) is 0 Å². The van der Waals surface area contributed by atoms with E-state index in [9.17, 15) is 20.2 Å². The molecule has 0 aliphatic carbocycles. The topological polar surface area (TPSA) is 89.3 Å². The molecule has 0 bridgehead atoms. The van der Waals surface area contributed by atoms with Gasteiger partial charge in [0.05, 0.1) is 15.9 Å². The Bertz CT molecular complexity index is 474. The average Bonchev–Trinajstić information content (AvgIpc) is 2.94. The molecule has 1 heterocycles. The Kier molecular flexibility index (Phi) is 2.22. The van der Waals surface area contributed by atoms with Gasteiger partial charge >= 0.3 is 0 Å². The predicted molar refractivity (Wildman–Crippen MR) is 56.6 cm³/mol. The lowest BCUT2D eigenvalue weighted by Gasteiger charge is -2.04. The summed E-state index contributed by atoms with van der Waals surface area (Å²) in [6, 6.07) is 3.98. The molecule has 0 saturated carbocycles. The zero-order chi connectivity index (χ0) is 11.9. The zero-order valence-electron chi connectivity index (χ0n) is 8.49. The number of non-ortho nitro benzene ring substituents is 1. The molecule has 84 valence electrons. The average molecular weight is 223 g/mol. The van der Waals surface area contributed by atoms with Crippen LogP contribution in [0.5, 0.6) is 0 Å². The van der Waals surface area contributed by atoms with Gasteiger partial charge in [0.1, 0.15) is 5.69 Å². The van der Waals surface area contributed by atoms with Crippen LogP contribution in [-0.4, -0.2) is 22.4 Å². The van der Waals surface area contributed by atoms with E-state index in [2.05, 4.69) is 0 Å². The van der Waals surface area contributed by atoms with E-state index in [1.165, 1.54) is 12.1 Å². The Labute approximate surface area is 90.6 Å². The van der Waals surface area contributed by atoms with Crippen molar-refractivity contribution >= 4 is 17.1 Å². The minimum absolute atomic E-state index is 0.210. The normalized spacial score (nSPS) is 18.3. The summed E-state index contributed by atoms with van der Waals surface area (Å²) >= 11 is 0. The summed E-state index contributed by atoms with van der Waals surface area (Å²) in [4.78, 5) is 21.9. The van der Waals surface area contributed by atoms with Crippen molar-refractivity contribution in [3.05, 3.63) is 38.4 Å². The highest BCUT2D eigenvalue weighted by Crippen LogP contribution is 2.37. The number of hydrogen-bond acceptors (Lipinski definition) is 5. The van der Waals surface area contributed by atoms with Crippen molar-refractivity contribution in [1.29, 1.82) is 0 Å². The van der Waals surface area contributed by atoms with Gasteiger partial charge in [-0.3, -0.25) is 20.2 Å². The van der Waals surface area contributed by atoms with E-state index in [0.29, 0.717) is 5.69 Å². The number of nitro groups is 2. The number of hydrogen-bond donors (Lipinski definition) is 0. The molecular weight excluding hydrogens is 214 g/mol. The SMILES string of the molecule is CC1CN1c1ccc([N+](=O)[O-])cc1[N+](=O)[O-]. The standard InChI is InChI=1S/C9H9N3O4/c1-6-5-10(6)8-3-2-7(11(13)14)4-9(8)12(15)16/h2-4,6H,5H2,1H3. The first-order valence-corrected chi connectivity index (χ1v) is 4.70. The Morgan fingerprint density at radius 2 is 1.94 bits per heavy atom. The summed E-state index contributed by atoms with van der Waals surface area (Å²) < 4.78 is 0. The molecule has 7 nitrogen and oxygen atoms in total. The van der Waals surface area contributed by atoms with E-state index < -0.39 is 9.85 Å². The van der Waals surface area contributed by atoms with E-state index in [1.807, 2.05) is 11.8 Å². The van der Waals surface area contributed by atoms with Gasteiger partial charge in [0.2, 0.25) is 0 Å². The number of anilines is 1.